The van der Waals surface area contributed by atoms with E-state index < -0.39 is 0 Å². The number of pyridine rings is 1. The molecule has 4 nitrogen and oxygen atoms in total. The standard InChI is InChI=1S/C8H11N3O/c1-2-8(12)11-10-7-5-3-4-6-9-7/h3-6H,2H2,1H3,(H,9,10)(H,11,12). The van der Waals surface area contributed by atoms with E-state index in [-0.39, 0.29) is 5.91 Å². The van der Waals surface area contributed by atoms with Crippen molar-refractivity contribution in [2.45, 2.75) is 13.3 Å². The molecule has 0 spiro atoms. The fourth-order valence-electron chi connectivity index (χ4n) is 0.659. The van der Waals surface area contributed by atoms with Gasteiger partial charge in [-0.15, -0.1) is 0 Å². The molecule has 1 aromatic heterocycles. The Morgan fingerprint density at radius 3 is 3.00 bits per heavy atom. The van der Waals surface area contributed by atoms with Crippen LogP contribution in [0.2, 0.25) is 0 Å². The number of aromatic nitrogens is 1. The average molecular weight is 165 g/mol. The van der Waals surface area contributed by atoms with Gasteiger partial charge in [0.1, 0.15) is 5.82 Å². The van der Waals surface area contributed by atoms with Crippen LogP contribution in [0.5, 0.6) is 0 Å². The fourth-order valence-corrected chi connectivity index (χ4v) is 0.659. The Morgan fingerprint density at radius 1 is 1.58 bits per heavy atom. The van der Waals surface area contributed by atoms with Gasteiger partial charge in [-0.1, -0.05) is 13.0 Å². The minimum atomic E-state index is -0.0550. The predicted molar refractivity (Wildman–Crippen MR) is 46.3 cm³/mol. The van der Waals surface area contributed by atoms with Crippen molar-refractivity contribution in [3.8, 4) is 0 Å². The quantitative estimate of drug-likeness (QED) is 0.655. The Morgan fingerprint density at radius 2 is 2.42 bits per heavy atom. The molecule has 0 bridgehead atoms. The predicted octanol–water partition coefficient (Wildman–Crippen LogP) is 0.935. The number of carbonyl (C=O) groups is 1. The molecule has 0 saturated heterocycles. The van der Waals surface area contributed by atoms with E-state index in [0.717, 1.165) is 0 Å². The highest BCUT2D eigenvalue weighted by molar-refractivity contribution is 5.76. The van der Waals surface area contributed by atoms with Crippen LogP contribution >= 0.6 is 0 Å². The van der Waals surface area contributed by atoms with Crippen molar-refractivity contribution in [1.82, 2.24) is 10.4 Å². The zero-order valence-electron chi connectivity index (χ0n) is 6.87. The van der Waals surface area contributed by atoms with E-state index in [9.17, 15) is 4.79 Å². The van der Waals surface area contributed by atoms with Gasteiger partial charge in [-0.3, -0.25) is 15.6 Å². The average Bonchev–Trinajstić information content (AvgIpc) is 2.16. The summed E-state index contributed by atoms with van der Waals surface area (Å²) in [7, 11) is 0. The first-order valence-electron chi connectivity index (χ1n) is 3.79. The van der Waals surface area contributed by atoms with Gasteiger partial charge in [0.05, 0.1) is 0 Å². The van der Waals surface area contributed by atoms with Crippen LogP contribution in [0.4, 0.5) is 5.82 Å². The van der Waals surface area contributed by atoms with Crippen molar-refractivity contribution in [3.63, 3.8) is 0 Å². The molecular weight excluding hydrogens is 154 g/mol. The lowest BCUT2D eigenvalue weighted by Crippen LogP contribution is -2.28. The molecule has 1 amide bonds. The first kappa shape index (κ1) is 8.52. The highest BCUT2D eigenvalue weighted by atomic mass is 16.2. The molecule has 0 aliphatic rings. The van der Waals surface area contributed by atoms with E-state index in [1.54, 1.807) is 19.2 Å². The summed E-state index contributed by atoms with van der Waals surface area (Å²) in [6.07, 6.45) is 2.11. The van der Waals surface area contributed by atoms with E-state index in [2.05, 4.69) is 15.8 Å². The SMILES string of the molecule is CCC(=O)NNc1ccccn1. The molecule has 0 saturated carbocycles. The van der Waals surface area contributed by atoms with Crippen molar-refractivity contribution >= 4 is 11.7 Å². The maximum absolute atomic E-state index is 10.8. The highest BCUT2D eigenvalue weighted by Crippen LogP contribution is 1.96. The van der Waals surface area contributed by atoms with E-state index in [0.29, 0.717) is 12.2 Å². The van der Waals surface area contributed by atoms with Crippen LogP contribution in [0.15, 0.2) is 24.4 Å². The summed E-state index contributed by atoms with van der Waals surface area (Å²) >= 11 is 0. The minimum absolute atomic E-state index is 0.0550. The summed E-state index contributed by atoms with van der Waals surface area (Å²) in [5.74, 6) is 0.583. The molecule has 1 heterocycles. The number of hydrogen-bond acceptors (Lipinski definition) is 3. The topological polar surface area (TPSA) is 54.0 Å². The number of anilines is 1. The summed E-state index contributed by atoms with van der Waals surface area (Å²) in [5.41, 5.74) is 5.18. The molecule has 1 rings (SSSR count). The molecule has 12 heavy (non-hydrogen) atoms. The van der Waals surface area contributed by atoms with Gasteiger partial charge in [-0.25, -0.2) is 4.98 Å². The smallest absolute Gasteiger partial charge is 0.238 e. The van der Waals surface area contributed by atoms with Gasteiger partial charge in [-0.05, 0) is 12.1 Å². The fraction of sp³-hybridized carbons (Fsp3) is 0.250. The monoisotopic (exact) mass is 165 g/mol. The van der Waals surface area contributed by atoms with Crippen LogP contribution in [0, 0.1) is 0 Å². The largest absolute Gasteiger partial charge is 0.282 e. The molecule has 4 heteroatoms. The van der Waals surface area contributed by atoms with Crippen LogP contribution in [0.3, 0.4) is 0 Å². The van der Waals surface area contributed by atoms with Gasteiger partial charge in [0.2, 0.25) is 5.91 Å². The molecule has 64 valence electrons. The van der Waals surface area contributed by atoms with Gasteiger partial charge in [-0.2, -0.15) is 0 Å². The van der Waals surface area contributed by atoms with Crippen LogP contribution in [0.1, 0.15) is 13.3 Å². The second-order valence-electron chi connectivity index (χ2n) is 2.24. The zero-order valence-corrected chi connectivity index (χ0v) is 6.87. The first-order valence-corrected chi connectivity index (χ1v) is 3.79. The minimum Gasteiger partial charge on any atom is -0.282 e. The Hall–Kier alpha value is -1.58. The lowest BCUT2D eigenvalue weighted by atomic mass is 10.5. The Kier molecular flexibility index (Phi) is 3.07. The van der Waals surface area contributed by atoms with Gasteiger partial charge >= 0.3 is 0 Å². The highest BCUT2D eigenvalue weighted by Gasteiger charge is 1.94. The van der Waals surface area contributed by atoms with E-state index in [1.807, 2.05) is 12.1 Å². The maximum atomic E-state index is 10.8. The molecule has 1 aromatic rings. The number of carbonyl (C=O) groups excluding carboxylic acids is 1. The second kappa shape index (κ2) is 4.33. The molecule has 0 atom stereocenters. The van der Waals surface area contributed by atoms with Crippen LogP contribution in [-0.2, 0) is 4.79 Å². The molecule has 0 aliphatic heterocycles. The van der Waals surface area contributed by atoms with Crippen LogP contribution in [-0.4, -0.2) is 10.9 Å². The lowest BCUT2D eigenvalue weighted by Gasteiger charge is -2.04. The Bertz CT molecular complexity index is 248. The van der Waals surface area contributed by atoms with Gasteiger partial charge in [0.15, 0.2) is 0 Å². The van der Waals surface area contributed by atoms with Gasteiger partial charge in [0, 0.05) is 12.6 Å². The third-order valence-electron chi connectivity index (χ3n) is 1.32. The molecule has 2 N–H and O–H groups in total. The van der Waals surface area contributed by atoms with Crippen molar-refractivity contribution in [2.24, 2.45) is 0 Å². The van der Waals surface area contributed by atoms with Crippen molar-refractivity contribution in [1.29, 1.82) is 0 Å². The zero-order chi connectivity index (χ0) is 8.81. The Balaban J connectivity index is 2.38. The molecule has 0 aromatic carbocycles. The molecule has 0 unspecified atom stereocenters. The Labute approximate surface area is 71.0 Å². The normalized spacial score (nSPS) is 9.08. The molecular formula is C8H11N3O. The van der Waals surface area contributed by atoms with Crippen LogP contribution in [0.25, 0.3) is 0 Å². The van der Waals surface area contributed by atoms with Crippen molar-refractivity contribution in [3.05, 3.63) is 24.4 Å². The number of hydrogen-bond donors (Lipinski definition) is 2. The summed E-state index contributed by atoms with van der Waals surface area (Å²) in [6, 6.07) is 5.43. The van der Waals surface area contributed by atoms with Crippen LogP contribution < -0.4 is 10.9 Å². The van der Waals surface area contributed by atoms with E-state index in [1.165, 1.54) is 0 Å². The van der Waals surface area contributed by atoms with E-state index >= 15 is 0 Å². The maximum Gasteiger partial charge on any atom is 0.238 e. The summed E-state index contributed by atoms with van der Waals surface area (Å²) in [5, 5.41) is 0. The molecule has 0 radical (unpaired) electrons. The summed E-state index contributed by atoms with van der Waals surface area (Å²) in [4.78, 5) is 14.7. The van der Waals surface area contributed by atoms with Crippen molar-refractivity contribution in [2.75, 3.05) is 5.43 Å². The number of nitrogens with zero attached hydrogens (tertiary/aromatic N) is 1. The van der Waals surface area contributed by atoms with Crippen molar-refractivity contribution < 1.29 is 4.79 Å². The van der Waals surface area contributed by atoms with Gasteiger partial charge < -0.3 is 0 Å². The van der Waals surface area contributed by atoms with Gasteiger partial charge in [0.25, 0.3) is 0 Å². The lowest BCUT2D eigenvalue weighted by molar-refractivity contribution is -0.120. The number of nitrogens with one attached hydrogen (secondary N) is 2. The number of hydrazine groups is 1. The molecule has 0 aliphatic carbocycles. The third kappa shape index (κ3) is 2.57. The number of amides is 1. The third-order valence-corrected chi connectivity index (χ3v) is 1.32. The van der Waals surface area contributed by atoms with E-state index in [4.69, 9.17) is 0 Å². The molecule has 0 fully saturated rings. The summed E-state index contributed by atoms with van der Waals surface area (Å²) < 4.78 is 0. The second-order valence-corrected chi connectivity index (χ2v) is 2.24. The summed E-state index contributed by atoms with van der Waals surface area (Å²) in [6.45, 7) is 1.79. The first-order chi connectivity index (χ1) is 5.83. The number of rotatable bonds is 3.